The summed E-state index contributed by atoms with van der Waals surface area (Å²) in [5.74, 6) is -0.0145. The van der Waals surface area contributed by atoms with Gasteiger partial charge in [-0.05, 0) is 95.2 Å². The Morgan fingerprint density at radius 3 is 2.33 bits per heavy atom. The number of amides is 1. The highest BCUT2D eigenvalue weighted by Crippen LogP contribution is 2.33. The van der Waals surface area contributed by atoms with Gasteiger partial charge in [0.25, 0.3) is 5.91 Å². The lowest BCUT2D eigenvalue weighted by Crippen LogP contribution is -2.50. The van der Waals surface area contributed by atoms with E-state index in [2.05, 4.69) is 15.0 Å². The van der Waals surface area contributed by atoms with E-state index in [0.717, 1.165) is 54.9 Å². The number of nitrogens with zero attached hydrogens (tertiary/aromatic N) is 3. The number of alkyl halides is 3. The summed E-state index contributed by atoms with van der Waals surface area (Å²) in [4.78, 5) is 23.4. The highest BCUT2D eigenvalue weighted by atomic mass is 32.2. The molecule has 0 aliphatic carbocycles. The maximum Gasteiger partial charge on any atom is 0.573 e. The Bertz CT molecular complexity index is 1560. The van der Waals surface area contributed by atoms with Crippen molar-refractivity contribution in [1.82, 2.24) is 14.7 Å². The molecular formula is C32H41F3N4O6S. The summed E-state index contributed by atoms with van der Waals surface area (Å²) in [6.07, 6.45) is -2.41. The zero-order valence-electron chi connectivity index (χ0n) is 26.5. The molecule has 1 amide bonds. The predicted octanol–water partition coefficient (Wildman–Crippen LogP) is 4.75. The summed E-state index contributed by atoms with van der Waals surface area (Å²) in [7, 11) is -3.62. The fourth-order valence-corrected chi connectivity index (χ4v) is 7.45. The number of hydrogen-bond acceptors (Lipinski definition) is 8. The molecule has 0 aromatic heterocycles. The van der Waals surface area contributed by atoms with E-state index in [4.69, 9.17) is 9.57 Å². The van der Waals surface area contributed by atoms with Gasteiger partial charge in [0.15, 0.2) is 0 Å². The molecule has 2 fully saturated rings. The summed E-state index contributed by atoms with van der Waals surface area (Å²) in [6.45, 7) is 9.83. The Labute approximate surface area is 267 Å². The number of halogens is 3. The molecular weight excluding hydrogens is 625 g/mol. The van der Waals surface area contributed by atoms with E-state index in [-0.39, 0.29) is 54.8 Å². The standard InChI is InChI=1S/C32H41F3N4O6S/c1-22-20-26(43-25-10-15-38(16-11-25)45-30(2,3)4)9-8-23(22)12-19-46(41,42)39-17-13-31(14-18-39)29(40)36-28(37-31)24-6-5-7-27(21-24)44-32(33,34)35/h5-9,20-21,25H,10-19H2,1-4H3,(H,36,37,40). The van der Waals surface area contributed by atoms with Gasteiger partial charge in [-0.3, -0.25) is 14.6 Å². The third-order valence-electron chi connectivity index (χ3n) is 8.31. The molecule has 252 valence electrons. The van der Waals surface area contributed by atoms with Crippen molar-refractivity contribution in [2.75, 3.05) is 31.9 Å². The van der Waals surface area contributed by atoms with Crippen LogP contribution in [0, 0.1) is 6.92 Å². The van der Waals surface area contributed by atoms with Crippen LogP contribution in [-0.2, 0) is 26.1 Å². The Kier molecular flexibility index (Phi) is 9.74. The fraction of sp³-hybridized carbons (Fsp3) is 0.562. The predicted molar refractivity (Wildman–Crippen MR) is 166 cm³/mol. The Hall–Kier alpha value is -3.20. The van der Waals surface area contributed by atoms with Crippen molar-refractivity contribution in [1.29, 1.82) is 0 Å². The number of carbonyl (C=O) groups excluding carboxylic acids is 1. The van der Waals surface area contributed by atoms with E-state index in [1.165, 1.54) is 16.4 Å². The van der Waals surface area contributed by atoms with E-state index in [1.54, 1.807) is 0 Å². The Balaban J connectivity index is 1.13. The lowest BCUT2D eigenvalue weighted by Gasteiger charge is -2.35. The van der Waals surface area contributed by atoms with Crippen molar-refractivity contribution in [3.05, 3.63) is 59.2 Å². The molecule has 0 saturated carbocycles. The molecule has 5 rings (SSSR count). The third kappa shape index (κ3) is 8.58. The minimum absolute atomic E-state index is 0.0833. The van der Waals surface area contributed by atoms with E-state index in [1.807, 2.05) is 51.0 Å². The van der Waals surface area contributed by atoms with Gasteiger partial charge >= 0.3 is 6.36 Å². The average molecular weight is 667 g/mol. The molecule has 0 unspecified atom stereocenters. The molecule has 3 heterocycles. The van der Waals surface area contributed by atoms with Crippen molar-refractivity contribution in [3.8, 4) is 11.5 Å². The minimum Gasteiger partial charge on any atom is -0.490 e. The fourth-order valence-electron chi connectivity index (χ4n) is 5.98. The number of benzene rings is 2. The van der Waals surface area contributed by atoms with Crippen molar-refractivity contribution < 1.29 is 40.7 Å². The maximum absolute atomic E-state index is 13.3. The number of sulfonamides is 1. The number of rotatable bonds is 9. The lowest BCUT2D eigenvalue weighted by molar-refractivity contribution is -0.274. The first-order chi connectivity index (χ1) is 21.5. The normalized spacial score (nSPS) is 20.1. The van der Waals surface area contributed by atoms with Crippen LogP contribution in [0.1, 0.15) is 63.1 Å². The van der Waals surface area contributed by atoms with Crippen LogP contribution >= 0.6 is 0 Å². The van der Waals surface area contributed by atoms with Gasteiger partial charge in [-0.2, -0.15) is 5.06 Å². The van der Waals surface area contributed by atoms with Crippen LogP contribution in [-0.4, -0.2) is 85.1 Å². The van der Waals surface area contributed by atoms with Crippen LogP contribution in [0.3, 0.4) is 0 Å². The molecule has 46 heavy (non-hydrogen) atoms. The Morgan fingerprint density at radius 2 is 1.70 bits per heavy atom. The molecule has 2 aromatic carbocycles. The number of nitrogens with one attached hydrogen (secondary N) is 1. The van der Waals surface area contributed by atoms with Crippen LogP contribution in [0.4, 0.5) is 13.2 Å². The van der Waals surface area contributed by atoms with Gasteiger partial charge in [0.05, 0.1) is 11.4 Å². The number of ether oxygens (including phenoxy) is 2. The number of amidine groups is 1. The van der Waals surface area contributed by atoms with E-state index in [9.17, 15) is 26.4 Å². The minimum atomic E-state index is -4.85. The van der Waals surface area contributed by atoms with Crippen LogP contribution in [0.5, 0.6) is 11.5 Å². The summed E-state index contributed by atoms with van der Waals surface area (Å²) in [5, 5.41) is 4.65. The van der Waals surface area contributed by atoms with Crippen molar-refractivity contribution in [3.63, 3.8) is 0 Å². The molecule has 0 atom stereocenters. The molecule has 0 bridgehead atoms. The molecule has 3 aliphatic rings. The van der Waals surface area contributed by atoms with Gasteiger partial charge in [-0.1, -0.05) is 18.2 Å². The number of aryl methyl sites for hydroxylation is 2. The number of carbonyl (C=O) groups is 1. The molecule has 1 spiro atoms. The number of hydrogen-bond donors (Lipinski definition) is 1. The van der Waals surface area contributed by atoms with E-state index < -0.39 is 33.6 Å². The van der Waals surface area contributed by atoms with Gasteiger partial charge in [-0.25, -0.2) is 12.7 Å². The smallest absolute Gasteiger partial charge is 0.490 e. The SMILES string of the molecule is Cc1cc(OC2CCN(OC(C)(C)C)CC2)ccc1CCS(=O)(=O)N1CCC2(CC1)N=C(c1cccc(OC(F)(F)F)c1)NC2=O. The van der Waals surface area contributed by atoms with E-state index >= 15 is 0 Å². The summed E-state index contributed by atoms with van der Waals surface area (Å²) < 4.78 is 76.1. The number of hydroxylamine groups is 2. The van der Waals surface area contributed by atoms with Crippen molar-refractivity contribution >= 4 is 21.8 Å². The molecule has 2 saturated heterocycles. The first-order valence-corrected chi connectivity index (χ1v) is 17.1. The van der Waals surface area contributed by atoms with Gasteiger partial charge in [0.2, 0.25) is 10.0 Å². The first kappa shape index (κ1) is 34.1. The summed E-state index contributed by atoms with van der Waals surface area (Å²) in [5.41, 5.74) is 0.731. The number of piperidine rings is 2. The van der Waals surface area contributed by atoms with Crippen LogP contribution in [0.2, 0.25) is 0 Å². The molecule has 10 nitrogen and oxygen atoms in total. The maximum atomic E-state index is 13.3. The van der Waals surface area contributed by atoms with Crippen molar-refractivity contribution in [2.24, 2.45) is 4.99 Å². The molecule has 0 radical (unpaired) electrons. The van der Waals surface area contributed by atoms with Crippen LogP contribution in [0.25, 0.3) is 0 Å². The topological polar surface area (TPSA) is 110 Å². The second-order valence-electron chi connectivity index (χ2n) is 13.0. The van der Waals surface area contributed by atoms with Crippen LogP contribution < -0.4 is 14.8 Å². The van der Waals surface area contributed by atoms with Crippen molar-refractivity contribution in [2.45, 2.75) is 83.4 Å². The van der Waals surface area contributed by atoms with Gasteiger partial charge < -0.3 is 14.8 Å². The second kappa shape index (κ2) is 13.1. The quantitative estimate of drug-likeness (QED) is 0.412. The zero-order chi connectivity index (χ0) is 33.3. The van der Waals surface area contributed by atoms with Crippen LogP contribution in [0.15, 0.2) is 47.5 Å². The summed E-state index contributed by atoms with van der Waals surface area (Å²) in [6, 6.07) is 11.0. The lowest BCUT2D eigenvalue weighted by atomic mass is 9.89. The van der Waals surface area contributed by atoms with E-state index in [0.29, 0.717) is 6.42 Å². The molecule has 1 N–H and O–H groups in total. The first-order valence-electron chi connectivity index (χ1n) is 15.5. The monoisotopic (exact) mass is 666 g/mol. The molecule has 14 heteroatoms. The summed E-state index contributed by atoms with van der Waals surface area (Å²) >= 11 is 0. The molecule has 2 aromatic rings. The number of aliphatic imine (C=N–C) groups is 1. The highest BCUT2D eigenvalue weighted by molar-refractivity contribution is 7.89. The third-order valence-corrected chi connectivity index (χ3v) is 10.2. The Morgan fingerprint density at radius 1 is 1.00 bits per heavy atom. The van der Waals surface area contributed by atoms with Gasteiger partial charge in [-0.15, -0.1) is 13.2 Å². The zero-order valence-corrected chi connectivity index (χ0v) is 27.3. The highest BCUT2D eigenvalue weighted by Gasteiger charge is 2.47. The average Bonchev–Trinajstić information content (AvgIpc) is 3.27. The largest absolute Gasteiger partial charge is 0.573 e. The molecule has 3 aliphatic heterocycles. The second-order valence-corrected chi connectivity index (χ2v) is 15.1. The van der Waals surface area contributed by atoms with Gasteiger partial charge in [0, 0.05) is 31.7 Å². The van der Waals surface area contributed by atoms with Gasteiger partial charge in [0.1, 0.15) is 29.0 Å².